The van der Waals surface area contributed by atoms with E-state index in [2.05, 4.69) is 37.8 Å². The van der Waals surface area contributed by atoms with E-state index in [1.165, 1.54) is 16.7 Å². The Hall–Kier alpha value is -0.900. The van der Waals surface area contributed by atoms with E-state index >= 15 is 0 Å². The molecule has 0 saturated carbocycles. The first kappa shape index (κ1) is 14.5. The zero-order valence-electron chi connectivity index (χ0n) is 12.4. The highest BCUT2D eigenvalue weighted by molar-refractivity contribution is 5.39. The summed E-state index contributed by atoms with van der Waals surface area (Å²) in [6.45, 7) is 8.91. The second-order valence-corrected chi connectivity index (χ2v) is 5.73. The fraction of sp³-hybridized carbons (Fsp3) is 0.625. The average molecular weight is 263 g/mol. The highest BCUT2D eigenvalue weighted by atomic mass is 16.5. The van der Waals surface area contributed by atoms with Gasteiger partial charge in [-0.3, -0.25) is 4.90 Å². The first-order valence-corrected chi connectivity index (χ1v) is 7.02. The van der Waals surface area contributed by atoms with Crippen molar-refractivity contribution >= 4 is 0 Å². The fourth-order valence-electron chi connectivity index (χ4n) is 3.21. The van der Waals surface area contributed by atoms with Crippen molar-refractivity contribution in [3.63, 3.8) is 0 Å². The minimum atomic E-state index is -0.406. The van der Waals surface area contributed by atoms with Crippen LogP contribution < -0.4 is 0 Å². The van der Waals surface area contributed by atoms with Crippen molar-refractivity contribution in [3.8, 4) is 0 Å². The molecule has 1 aliphatic heterocycles. The van der Waals surface area contributed by atoms with Gasteiger partial charge >= 0.3 is 0 Å². The molecule has 3 nitrogen and oxygen atoms in total. The molecule has 1 aromatic carbocycles. The lowest BCUT2D eigenvalue weighted by Crippen LogP contribution is -2.28. The molecule has 1 aromatic rings. The van der Waals surface area contributed by atoms with Crippen molar-refractivity contribution < 1.29 is 9.84 Å². The molecule has 0 spiro atoms. The third kappa shape index (κ3) is 3.35. The number of hydrogen-bond acceptors (Lipinski definition) is 3. The Morgan fingerprint density at radius 1 is 1.32 bits per heavy atom. The largest absolute Gasteiger partial charge is 0.387 e. The summed E-state index contributed by atoms with van der Waals surface area (Å²) < 4.78 is 5.37. The fourth-order valence-corrected chi connectivity index (χ4v) is 3.21. The van der Waals surface area contributed by atoms with Gasteiger partial charge in [0.05, 0.1) is 12.2 Å². The number of β-amino-alcohol motifs (C(OH)–C–C–N with tert-alkyl or cyclic N) is 1. The normalized spacial score (nSPS) is 21.8. The molecule has 1 fully saturated rings. The molecule has 0 radical (unpaired) electrons. The van der Waals surface area contributed by atoms with Crippen molar-refractivity contribution in [2.45, 2.75) is 39.4 Å². The van der Waals surface area contributed by atoms with Gasteiger partial charge < -0.3 is 9.84 Å². The van der Waals surface area contributed by atoms with E-state index in [0.717, 1.165) is 25.1 Å². The number of likely N-dealkylation sites (tertiary alicyclic amines) is 1. The molecule has 106 valence electrons. The monoisotopic (exact) mass is 263 g/mol. The van der Waals surface area contributed by atoms with Crippen LogP contribution in [-0.2, 0) is 4.74 Å². The highest BCUT2D eigenvalue weighted by Gasteiger charge is 2.25. The Kier molecular flexibility index (Phi) is 4.61. The summed E-state index contributed by atoms with van der Waals surface area (Å²) in [6.07, 6.45) is 0.985. The van der Waals surface area contributed by atoms with Gasteiger partial charge in [-0.2, -0.15) is 0 Å². The molecule has 3 heteroatoms. The molecule has 1 heterocycles. The maximum atomic E-state index is 10.5. The summed E-state index contributed by atoms with van der Waals surface area (Å²) in [6, 6.07) is 4.29. The van der Waals surface area contributed by atoms with Gasteiger partial charge in [-0.05, 0) is 43.9 Å². The van der Waals surface area contributed by atoms with Crippen LogP contribution in [0.25, 0.3) is 0 Å². The lowest BCUT2D eigenvalue weighted by Gasteiger charge is -2.23. The minimum absolute atomic E-state index is 0.326. The van der Waals surface area contributed by atoms with Gasteiger partial charge in [0.25, 0.3) is 0 Å². The Bertz CT molecular complexity index is 421. The number of aryl methyl sites for hydroxylation is 3. The number of methoxy groups -OCH3 is 1. The summed E-state index contributed by atoms with van der Waals surface area (Å²) >= 11 is 0. The van der Waals surface area contributed by atoms with Crippen LogP contribution in [0.1, 0.15) is 34.8 Å². The van der Waals surface area contributed by atoms with Gasteiger partial charge in [-0.15, -0.1) is 0 Å². The number of ether oxygens (including phenoxy) is 1. The number of nitrogens with zero attached hydrogens (tertiary/aromatic N) is 1. The van der Waals surface area contributed by atoms with E-state index in [0.29, 0.717) is 12.6 Å². The van der Waals surface area contributed by atoms with Crippen LogP contribution in [0.4, 0.5) is 0 Å². The molecule has 0 amide bonds. The molecule has 0 aromatic heterocycles. The average Bonchev–Trinajstić information content (AvgIpc) is 2.75. The van der Waals surface area contributed by atoms with E-state index in [9.17, 15) is 5.11 Å². The first-order valence-electron chi connectivity index (χ1n) is 7.02. The summed E-state index contributed by atoms with van der Waals surface area (Å²) in [4.78, 5) is 2.29. The van der Waals surface area contributed by atoms with Crippen LogP contribution in [0.2, 0.25) is 0 Å². The maximum Gasteiger partial charge on any atom is 0.0922 e. The Morgan fingerprint density at radius 2 is 1.95 bits per heavy atom. The summed E-state index contributed by atoms with van der Waals surface area (Å²) in [5, 5.41) is 10.5. The molecule has 2 unspecified atom stereocenters. The standard InChI is InChI=1S/C16H25NO2/c1-11-7-12(2)16(13(3)8-11)15(18)10-17-6-5-14(9-17)19-4/h7-8,14-15,18H,5-6,9-10H2,1-4H3. The van der Waals surface area contributed by atoms with Crippen molar-refractivity contribution in [2.75, 3.05) is 26.7 Å². The van der Waals surface area contributed by atoms with Gasteiger partial charge in [0, 0.05) is 26.7 Å². The summed E-state index contributed by atoms with van der Waals surface area (Å²) in [5.41, 5.74) is 4.72. The molecular formula is C16H25NO2. The molecule has 2 atom stereocenters. The van der Waals surface area contributed by atoms with Gasteiger partial charge in [0.15, 0.2) is 0 Å². The second kappa shape index (κ2) is 6.04. The molecule has 1 aliphatic rings. The quantitative estimate of drug-likeness (QED) is 0.905. The highest BCUT2D eigenvalue weighted by Crippen LogP contribution is 2.25. The summed E-state index contributed by atoms with van der Waals surface area (Å²) in [7, 11) is 1.76. The van der Waals surface area contributed by atoms with Gasteiger partial charge in [-0.25, -0.2) is 0 Å². The van der Waals surface area contributed by atoms with Crippen molar-refractivity contribution in [1.29, 1.82) is 0 Å². The smallest absolute Gasteiger partial charge is 0.0922 e. The van der Waals surface area contributed by atoms with Crippen LogP contribution in [0, 0.1) is 20.8 Å². The van der Waals surface area contributed by atoms with E-state index in [1.807, 2.05) is 0 Å². The third-order valence-electron chi connectivity index (χ3n) is 4.06. The van der Waals surface area contributed by atoms with E-state index < -0.39 is 6.10 Å². The minimum Gasteiger partial charge on any atom is -0.387 e. The Labute approximate surface area is 116 Å². The molecule has 0 aliphatic carbocycles. The van der Waals surface area contributed by atoms with E-state index in [1.54, 1.807) is 7.11 Å². The van der Waals surface area contributed by atoms with Crippen LogP contribution >= 0.6 is 0 Å². The molecule has 2 rings (SSSR count). The SMILES string of the molecule is COC1CCN(CC(O)c2c(C)cc(C)cc2C)C1. The van der Waals surface area contributed by atoms with E-state index in [-0.39, 0.29) is 0 Å². The van der Waals surface area contributed by atoms with Gasteiger partial charge in [0.1, 0.15) is 0 Å². The number of aliphatic hydroxyl groups excluding tert-OH is 1. The Morgan fingerprint density at radius 3 is 2.47 bits per heavy atom. The number of rotatable bonds is 4. The maximum absolute atomic E-state index is 10.5. The molecule has 1 saturated heterocycles. The van der Waals surface area contributed by atoms with Crippen LogP contribution in [0.15, 0.2) is 12.1 Å². The molecular weight excluding hydrogens is 238 g/mol. The number of aliphatic hydroxyl groups is 1. The predicted octanol–water partition coefficient (Wildman–Crippen LogP) is 2.37. The lowest BCUT2D eigenvalue weighted by molar-refractivity contribution is 0.0894. The molecule has 1 N–H and O–H groups in total. The summed E-state index contributed by atoms with van der Waals surface area (Å²) in [5.74, 6) is 0. The van der Waals surface area contributed by atoms with Crippen molar-refractivity contribution in [2.24, 2.45) is 0 Å². The lowest BCUT2D eigenvalue weighted by atomic mass is 9.95. The molecule has 19 heavy (non-hydrogen) atoms. The first-order chi connectivity index (χ1) is 9.01. The second-order valence-electron chi connectivity index (χ2n) is 5.73. The van der Waals surface area contributed by atoms with Gasteiger partial charge in [-0.1, -0.05) is 17.7 Å². The zero-order valence-corrected chi connectivity index (χ0v) is 12.4. The van der Waals surface area contributed by atoms with Crippen molar-refractivity contribution in [1.82, 2.24) is 4.90 Å². The van der Waals surface area contributed by atoms with Crippen molar-refractivity contribution in [3.05, 3.63) is 34.4 Å². The zero-order chi connectivity index (χ0) is 14.0. The number of benzene rings is 1. The Balaban J connectivity index is 2.06. The van der Waals surface area contributed by atoms with Crippen LogP contribution in [0.3, 0.4) is 0 Å². The third-order valence-corrected chi connectivity index (χ3v) is 4.06. The number of hydrogen-bond donors (Lipinski definition) is 1. The van der Waals surface area contributed by atoms with Gasteiger partial charge in [0.2, 0.25) is 0 Å². The predicted molar refractivity (Wildman–Crippen MR) is 77.5 cm³/mol. The van der Waals surface area contributed by atoms with E-state index in [4.69, 9.17) is 4.74 Å². The topological polar surface area (TPSA) is 32.7 Å². The van der Waals surface area contributed by atoms with Crippen LogP contribution in [-0.4, -0.2) is 42.9 Å². The van der Waals surface area contributed by atoms with Crippen LogP contribution in [0.5, 0.6) is 0 Å². The molecule has 0 bridgehead atoms.